The maximum Gasteiger partial charge on any atom is 0.123 e. The Hall–Kier alpha value is -2.83. The van der Waals surface area contributed by atoms with Gasteiger partial charge in [0.25, 0.3) is 0 Å². The SMILES string of the molecule is CCC(O)CO.Fc1c[c-]c(-c2ccccn2)cc1.Fc1ccc(-c2ccccn2)cc1.[Ir]. The molecule has 175 valence electrons. The van der Waals surface area contributed by atoms with E-state index in [0.29, 0.717) is 6.42 Å². The molecule has 0 saturated carbocycles. The third-order valence-electron chi connectivity index (χ3n) is 4.20. The molecule has 0 bridgehead atoms. The van der Waals surface area contributed by atoms with E-state index < -0.39 is 6.10 Å². The van der Waals surface area contributed by atoms with Crippen LogP contribution in [0.25, 0.3) is 22.5 Å². The zero-order chi connectivity index (χ0) is 23.2. The van der Waals surface area contributed by atoms with Crippen LogP contribution in [0.5, 0.6) is 0 Å². The largest absolute Gasteiger partial charge is 0.394 e. The minimum absolute atomic E-state index is 0. The summed E-state index contributed by atoms with van der Waals surface area (Å²) in [6.45, 7) is 1.71. The van der Waals surface area contributed by atoms with E-state index in [9.17, 15) is 8.78 Å². The van der Waals surface area contributed by atoms with Crippen molar-refractivity contribution in [2.45, 2.75) is 19.4 Å². The van der Waals surface area contributed by atoms with Gasteiger partial charge in [-0.1, -0.05) is 25.1 Å². The molecule has 2 aromatic heterocycles. The molecule has 2 N–H and O–H groups in total. The molecule has 1 unspecified atom stereocenters. The van der Waals surface area contributed by atoms with Crippen LogP contribution in [0.3, 0.4) is 0 Å². The number of hydrogen-bond donors (Lipinski definition) is 2. The Balaban J connectivity index is 0.000000262. The molecule has 7 heteroatoms. The van der Waals surface area contributed by atoms with E-state index in [1.54, 1.807) is 30.6 Å². The summed E-state index contributed by atoms with van der Waals surface area (Å²) in [7, 11) is 0. The summed E-state index contributed by atoms with van der Waals surface area (Å²) >= 11 is 0. The Labute approximate surface area is 206 Å². The molecule has 1 atom stereocenters. The summed E-state index contributed by atoms with van der Waals surface area (Å²) < 4.78 is 25.1. The third-order valence-corrected chi connectivity index (χ3v) is 4.20. The van der Waals surface area contributed by atoms with Crippen LogP contribution in [0, 0.1) is 17.7 Å². The Morgan fingerprint density at radius 1 is 0.818 bits per heavy atom. The van der Waals surface area contributed by atoms with Crippen LogP contribution in [0.1, 0.15) is 13.3 Å². The number of benzene rings is 2. The Kier molecular flexibility index (Phi) is 13.6. The fraction of sp³-hybridized carbons (Fsp3) is 0.154. The van der Waals surface area contributed by atoms with Crippen molar-refractivity contribution in [2.24, 2.45) is 0 Å². The summed E-state index contributed by atoms with van der Waals surface area (Å²) in [5, 5.41) is 16.5. The van der Waals surface area contributed by atoms with Crippen molar-refractivity contribution < 1.29 is 39.1 Å². The molecule has 0 saturated heterocycles. The average Bonchev–Trinajstić information content (AvgIpc) is 2.86. The zero-order valence-electron chi connectivity index (χ0n) is 18.0. The molecular weight excluding hydrogens is 603 g/mol. The summed E-state index contributed by atoms with van der Waals surface area (Å²) in [6, 6.07) is 24.8. The molecule has 0 aliphatic rings. The van der Waals surface area contributed by atoms with Crippen molar-refractivity contribution in [3.8, 4) is 22.5 Å². The van der Waals surface area contributed by atoms with Gasteiger partial charge in [-0.15, -0.1) is 29.8 Å². The molecule has 0 aliphatic carbocycles. The first-order valence-electron chi connectivity index (χ1n) is 10.1. The van der Waals surface area contributed by atoms with Crippen molar-refractivity contribution in [1.82, 2.24) is 9.97 Å². The van der Waals surface area contributed by atoms with Gasteiger partial charge in [0.15, 0.2) is 0 Å². The van der Waals surface area contributed by atoms with Gasteiger partial charge in [0, 0.05) is 43.9 Å². The van der Waals surface area contributed by atoms with E-state index in [2.05, 4.69) is 16.0 Å². The van der Waals surface area contributed by atoms with Gasteiger partial charge in [0.05, 0.1) is 18.4 Å². The van der Waals surface area contributed by atoms with Gasteiger partial charge in [-0.2, -0.15) is 0 Å². The first-order valence-corrected chi connectivity index (χ1v) is 10.1. The molecule has 2 aromatic carbocycles. The van der Waals surface area contributed by atoms with Crippen LogP contribution in [0.4, 0.5) is 8.78 Å². The van der Waals surface area contributed by atoms with Gasteiger partial charge in [-0.3, -0.25) is 9.37 Å². The third kappa shape index (κ3) is 10.6. The van der Waals surface area contributed by atoms with E-state index >= 15 is 0 Å². The van der Waals surface area contributed by atoms with Crippen LogP contribution >= 0.6 is 0 Å². The number of hydrogen-bond acceptors (Lipinski definition) is 4. The number of rotatable bonds is 4. The second-order valence-corrected chi connectivity index (χ2v) is 6.60. The number of pyridine rings is 2. The van der Waals surface area contributed by atoms with Crippen LogP contribution in [-0.4, -0.2) is 32.9 Å². The minimum Gasteiger partial charge on any atom is -0.394 e. The van der Waals surface area contributed by atoms with E-state index in [4.69, 9.17) is 10.2 Å². The van der Waals surface area contributed by atoms with E-state index in [0.717, 1.165) is 22.5 Å². The number of aromatic nitrogens is 2. The van der Waals surface area contributed by atoms with Crippen molar-refractivity contribution in [1.29, 1.82) is 0 Å². The summed E-state index contributed by atoms with van der Waals surface area (Å²) in [5.41, 5.74) is 3.41. The summed E-state index contributed by atoms with van der Waals surface area (Å²) in [5.74, 6) is -0.501. The summed E-state index contributed by atoms with van der Waals surface area (Å²) in [6.07, 6.45) is 3.55. The smallest absolute Gasteiger partial charge is 0.123 e. The first-order chi connectivity index (χ1) is 15.5. The maximum atomic E-state index is 12.6. The van der Waals surface area contributed by atoms with Crippen LogP contribution in [0.15, 0.2) is 91.3 Å². The van der Waals surface area contributed by atoms with Gasteiger partial charge in [-0.25, -0.2) is 4.39 Å². The molecule has 4 nitrogen and oxygen atoms in total. The van der Waals surface area contributed by atoms with Crippen molar-refractivity contribution in [3.63, 3.8) is 0 Å². The molecule has 4 aromatic rings. The molecule has 0 fully saturated rings. The van der Waals surface area contributed by atoms with Gasteiger partial charge >= 0.3 is 0 Å². The first kappa shape index (κ1) is 28.2. The minimum atomic E-state index is -0.509. The fourth-order valence-electron chi connectivity index (χ4n) is 2.37. The topological polar surface area (TPSA) is 66.2 Å². The molecule has 33 heavy (non-hydrogen) atoms. The standard InChI is InChI=1S/C11H8FN.C11H7FN.C4H10O2.Ir/c2*12-10-6-4-9(5-7-10)11-3-1-2-8-13-11;1-2-4(6)3-5;/h1-8H;1-4,6-8H;4-6H,2-3H2,1H3;/q;-1;;. The van der Waals surface area contributed by atoms with E-state index in [-0.39, 0.29) is 38.3 Å². The average molecular weight is 628 g/mol. The van der Waals surface area contributed by atoms with Gasteiger partial charge in [0.2, 0.25) is 0 Å². The maximum absolute atomic E-state index is 12.6. The fourth-order valence-corrected chi connectivity index (χ4v) is 2.37. The number of aliphatic hydroxyl groups excluding tert-OH is 2. The molecule has 0 aliphatic heterocycles. The molecular formula is C26H25F2IrN2O2-. The van der Waals surface area contributed by atoms with Gasteiger partial charge in [-0.05, 0) is 54.6 Å². The predicted octanol–water partition coefficient (Wildman–Crippen LogP) is 5.32. The van der Waals surface area contributed by atoms with Crippen LogP contribution in [-0.2, 0) is 20.1 Å². The Morgan fingerprint density at radius 3 is 1.82 bits per heavy atom. The normalized spacial score (nSPS) is 10.5. The second-order valence-electron chi connectivity index (χ2n) is 6.60. The zero-order valence-corrected chi connectivity index (χ0v) is 20.4. The van der Waals surface area contributed by atoms with Crippen molar-refractivity contribution in [3.05, 3.63) is 109 Å². The Morgan fingerprint density at radius 2 is 1.39 bits per heavy atom. The number of aliphatic hydroxyl groups is 2. The Bertz CT molecular complexity index is 935. The molecule has 2 heterocycles. The van der Waals surface area contributed by atoms with Gasteiger partial charge < -0.3 is 15.2 Å². The molecule has 4 rings (SSSR count). The quantitative estimate of drug-likeness (QED) is 0.301. The van der Waals surface area contributed by atoms with E-state index in [1.807, 2.05) is 43.3 Å². The monoisotopic (exact) mass is 628 g/mol. The van der Waals surface area contributed by atoms with Gasteiger partial charge in [0.1, 0.15) is 5.82 Å². The molecule has 0 amide bonds. The molecule has 0 spiro atoms. The van der Waals surface area contributed by atoms with Crippen molar-refractivity contribution in [2.75, 3.05) is 6.61 Å². The summed E-state index contributed by atoms with van der Waals surface area (Å²) in [4.78, 5) is 8.28. The number of nitrogens with zero attached hydrogens (tertiary/aromatic N) is 2. The van der Waals surface area contributed by atoms with Crippen LogP contribution < -0.4 is 0 Å². The number of halogens is 2. The van der Waals surface area contributed by atoms with E-state index in [1.165, 1.54) is 24.3 Å². The second kappa shape index (κ2) is 15.9. The predicted molar refractivity (Wildman–Crippen MR) is 121 cm³/mol. The van der Waals surface area contributed by atoms with Crippen molar-refractivity contribution >= 4 is 0 Å². The molecule has 1 radical (unpaired) electrons. The van der Waals surface area contributed by atoms with Crippen LogP contribution in [0.2, 0.25) is 0 Å².